The van der Waals surface area contributed by atoms with Crippen LogP contribution in [0.2, 0.25) is 10.0 Å². The predicted octanol–water partition coefficient (Wildman–Crippen LogP) is 5.65. The summed E-state index contributed by atoms with van der Waals surface area (Å²) < 4.78 is 10.6. The fourth-order valence-electron chi connectivity index (χ4n) is 4.18. The summed E-state index contributed by atoms with van der Waals surface area (Å²) >= 11 is 12.7. The number of halogens is 2. The average molecular weight is 514 g/mol. The fraction of sp³-hybridized carbons (Fsp3) is 0.154. The highest BCUT2D eigenvalue weighted by atomic mass is 35.5. The quantitative estimate of drug-likeness (QED) is 0.260. The number of carbonyl (C=O) groups excluding carboxylic acids is 2. The number of hydrogen-bond acceptors (Lipinski definition) is 6. The van der Waals surface area contributed by atoms with E-state index in [1.165, 1.54) is 37.3 Å². The van der Waals surface area contributed by atoms with Crippen molar-refractivity contribution in [2.45, 2.75) is 13.0 Å². The number of aliphatic hydroxyl groups is 1. The van der Waals surface area contributed by atoms with E-state index in [9.17, 15) is 19.8 Å². The number of ketones is 1. The number of aliphatic hydroxyl groups excluding tert-OH is 1. The van der Waals surface area contributed by atoms with Crippen molar-refractivity contribution in [3.8, 4) is 17.2 Å². The number of methoxy groups -OCH3 is 2. The number of amides is 1. The minimum absolute atomic E-state index is 0.00846. The summed E-state index contributed by atoms with van der Waals surface area (Å²) in [4.78, 5) is 27.9. The highest BCUT2D eigenvalue weighted by molar-refractivity contribution is 6.52. The maximum Gasteiger partial charge on any atom is 0.300 e. The third-order valence-electron chi connectivity index (χ3n) is 5.70. The molecular formula is C26H21Cl2NO6. The number of rotatable bonds is 5. The number of aromatic hydroxyl groups is 1. The van der Waals surface area contributed by atoms with Crippen molar-refractivity contribution >= 4 is 46.3 Å². The van der Waals surface area contributed by atoms with Crippen molar-refractivity contribution < 1.29 is 29.3 Å². The van der Waals surface area contributed by atoms with Gasteiger partial charge in [0.25, 0.3) is 11.7 Å². The normalized spacial score (nSPS) is 17.1. The van der Waals surface area contributed by atoms with Crippen LogP contribution in [-0.2, 0) is 9.59 Å². The zero-order valence-electron chi connectivity index (χ0n) is 19.0. The summed E-state index contributed by atoms with van der Waals surface area (Å²) in [7, 11) is 2.71. The van der Waals surface area contributed by atoms with Gasteiger partial charge in [0.2, 0.25) is 0 Å². The lowest BCUT2D eigenvalue weighted by Crippen LogP contribution is -2.29. The Hall–Kier alpha value is -3.68. The van der Waals surface area contributed by atoms with E-state index in [0.29, 0.717) is 11.3 Å². The van der Waals surface area contributed by atoms with Crippen LogP contribution < -0.4 is 14.4 Å². The zero-order valence-corrected chi connectivity index (χ0v) is 20.5. The van der Waals surface area contributed by atoms with Crippen LogP contribution in [0, 0.1) is 6.92 Å². The number of carbonyl (C=O) groups is 2. The summed E-state index contributed by atoms with van der Waals surface area (Å²) in [5.74, 6) is -2.20. The number of benzene rings is 3. The van der Waals surface area contributed by atoms with Crippen LogP contribution in [0.25, 0.3) is 5.76 Å². The molecule has 0 spiro atoms. The van der Waals surface area contributed by atoms with Gasteiger partial charge in [0.1, 0.15) is 16.5 Å². The molecule has 1 unspecified atom stereocenters. The highest BCUT2D eigenvalue weighted by Crippen LogP contribution is 2.48. The number of anilines is 1. The van der Waals surface area contributed by atoms with Gasteiger partial charge in [-0.05, 0) is 48.4 Å². The summed E-state index contributed by atoms with van der Waals surface area (Å²) in [5.41, 5.74) is 1.54. The lowest BCUT2D eigenvalue weighted by Gasteiger charge is -2.26. The maximum absolute atomic E-state index is 13.3. The third-order valence-corrected chi connectivity index (χ3v) is 6.33. The van der Waals surface area contributed by atoms with Gasteiger partial charge in [-0.15, -0.1) is 0 Å². The second-order valence-electron chi connectivity index (χ2n) is 7.89. The Labute approximate surface area is 211 Å². The summed E-state index contributed by atoms with van der Waals surface area (Å²) in [6.07, 6.45) is 0. The van der Waals surface area contributed by atoms with E-state index < -0.39 is 23.5 Å². The number of phenolic OH excluding ortho intramolecular Hbond substituents is 1. The molecule has 9 heteroatoms. The predicted molar refractivity (Wildman–Crippen MR) is 134 cm³/mol. The molecule has 0 bridgehead atoms. The van der Waals surface area contributed by atoms with E-state index >= 15 is 0 Å². The first kappa shape index (κ1) is 24.4. The number of nitrogens with zero attached hydrogens (tertiary/aromatic N) is 1. The molecule has 1 aliphatic heterocycles. The van der Waals surface area contributed by atoms with Crippen LogP contribution in [-0.4, -0.2) is 36.1 Å². The van der Waals surface area contributed by atoms with Crippen LogP contribution >= 0.6 is 23.2 Å². The molecular weight excluding hydrogens is 493 g/mol. The van der Waals surface area contributed by atoms with Crippen molar-refractivity contribution in [3.63, 3.8) is 0 Å². The van der Waals surface area contributed by atoms with E-state index in [4.69, 9.17) is 32.7 Å². The van der Waals surface area contributed by atoms with Crippen LogP contribution in [0.15, 0.2) is 60.2 Å². The van der Waals surface area contributed by atoms with E-state index in [2.05, 4.69) is 0 Å². The average Bonchev–Trinajstić information content (AvgIpc) is 3.09. The second-order valence-corrected chi connectivity index (χ2v) is 8.67. The topological polar surface area (TPSA) is 96.3 Å². The minimum atomic E-state index is -1.05. The van der Waals surface area contributed by atoms with Crippen LogP contribution in [0.3, 0.4) is 0 Å². The Balaban J connectivity index is 2.03. The highest BCUT2D eigenvalue weighted by Gasteiger charge is 2.47. The van der Waals surface area contributed by atoms with Gasteiger partial charge in [0.15, 0.2) is 11.5 Å². The number of aryl methyl sites for hydroxylation is 1. The maximum atomic E-state index is 13.3. The van der Waals surface area contributed by atoms with Crippen molar-refractivity contribution in [2.75, 3.05) is 19.1 Å². The van der Waals surface area contributed by atoms with E-state index in [-0.39, 0.29) is 38.4 Å². The van der Waals surface area contributed by atoms with Gasteiger partial charge in [-0.2, -0.15) is 0 Å². The number of phenols is 1. The van der Waals surface area contributed by atoms with Crippen LogP contribution in [0.1, 0.15) is 22.7 Å². The molecule has 4 rings (SSSR count). The molecule has 180 valence electrons. The molecule has 0 radical (unpaired) electrons. The van der Waals surface area contributed by atoms with Gasteiger partial charge in [-0.25, -0.2) is 0 Å². The van der Waals surface area contributed by atoms with Crippen LogP contribution in [0.4, 0.5) is 5.69 Å². The zero-order chi connectivity index (χ0) is 25.4. The largest absolute Gasteiger partial charge is 0.508 e. The van der Waals surface area contributed by atoms with Gasteiger partial charge in [0, 0.05) is 5.69 Å². The molecule has 3 aromatic carbocycles. The van der Waals surface area contributed by atoms with Crippen molar-refractivity contribution in [3.05, 3.63) is 86.9 Å². The van der Waals surface area contributed by atoms with Crippen molar-refractivity contribution in [1.82, 2.24) is 0 Å². The summed E-state index contributed by atoms with van der Waals surface area (Å²) in [6, 6.07) is 13.5. The first-order valence-corrected chi connectivity index (χ1v) is 11.2. The third kappa shape index (κ3) is 4.17. The Kier molecular flexibility index (Phi) is 6.65. The molecule has 1 aliphatic rings. The Bertz CT molecular complexity index is 1380. The molecule has 0 aliphatic carbocycles. The SMILES string of the molecule is COc1c(Cl)cc(/C(O)=C2\C(=O)C(=O)N(c3cccc(C)c3)C2c2cccc(O)c2)c(OC)c1Cl. The Morgan fingerprint density at radius 1 is 0.971 bits per heavy atom. The van der Waals surface area contributed by atoms with E-state index in [1.54, 1.807) is 30.3 Å². The van der Waals surface area contributed by atoms with Gasteiger partial charge in [-0.1, -0.05) is 47.5 Å². The molecule has 35 heavy (non-hydrogen) atoms. The van der Waals surface area contributed by atoms with E-state index in [0.717, 1.165) is 5.56 Å². The van der Waals surface area contributed by atoms with Crippen molar-refractivity contribution in [1.29, 1.82) is 0 Å². The minimum Gasteiger partial charge on any atom is -0.508 e. The van der Waals surface area contributed by atoms with Gasteiger partial charge >= 0.3 is 0 Å². The number of hydrogen-bond donors (Lipinski definition) is 2. The molecule has 1 saturated heterocycles. The summed E-state index contributed by atoms with van der Waals surface area (Å²) in [6.45, 7) is 1.86. The molecule has 3 aromatic rings. The lowest BCUT2D eigenvalue weighted by molar-refractivity contribution is -0.132. The number of Topliss-reactive ketones (excluding diaryl/α,β-unsaturated/α-hetero) is 1. The standard InChI is InChI=1S/C26H21Cl2NO6/c1-13-6-4-8-15(10-13)29-21(14-7-5-9-16(30)11-14)19(23(32)26(29)33)22(31)17-12-18(27)25(35-3)20(28)24(17)34-2/h4-12,21,30-31H,1-3H3/b22-19+. The molecule has 1 fully saturated rings. The molecule has 0 aromatic heterocycles. The number of ether oxygens (including phenoxy) is 2. The monoisotopic (exact) mass is 513 g/mol. The molecule has 7 nitrogen and oxygen atoms in total. The first-order chi connectivity index (χ1) is 16.7. The van der Waals surface area contributed by atoms with Crippen LogP contribution in [0.5, 0.6) is 17.2 Å². The lowest BCUT2D eigenvalue weighted by atomic mass is 9.94. The van der Waals surface area contributed by atoms with Gasteiger partial charge < -0.3 is 19.7 Å². The molecule has 1 amide bonds. The van der Waals surface area contributed by atoms with Gasteiger partial charge in [0.05, 0.1) is 36.4 Å². The first-order valence-electron chi connectivity index (χ1n) is 10.5. The molecule has 2 N–H and O–H groups in total. The van der Waals surface area contributed by atoms with Gasteiger partial charge in [-0.3, -0.25) is 14.5 Å². The Morgan fingerprint density at radius 3 is 2.29 bits per heavy atom. The smallest absolute Gasteiger partial charge is 0.300 e. The second kappa shape index (κ2) is 9.52. The Morgan fingerprint density at radius 2 is 1.66 bits per heavy atom. The summed E-state index contributed by atoms with van der Waals surface area (Å²) in [5, 5.41) is 21.6. The molecule has 1 atom stereocenters. The molecule has 1 heterocycles. The molecule has 0 saturated carbocycles. The van der Waals surface area contributed by atoms with E-state index in [1.807, 2.05) is 13.0 Å². The van der Waals surface area contributed by atoms with Crippen molar-refractivity contribution in [2.24, 2.45) is 0 Å². The fourth-order valence-corrected chi connectivity index (χ4v) is 4.87.